The van der Waals surface area contributed by atoms with E-state index in [9.17, 15) is 4.79 Å². The van der Waals surface area contributed by atoms with Crippen LogP contribution in [0, 0.1) is 11.8 Å². The van der Waals surface area contributed by atoms with Gasteiger partial charge < -0.3 is 0 Å². The molecule has 1 aliphatic carbocycles. The first-order chi connectivity index (χ1) is 7.29. The van der Waals surface area contributed by atoms with Crippen LogP contribution in [0.25, 0.3) is 0 Å². The highest BCUT2D eigenvalue weighted by atomic mass is 16.1. The van der Waals surface area contributed by atoms with Gasteiger partial charge in [0.25, 0.3) is 0 Å². The van der Waals surface area contributed by atoms with Crippen molar-refractivity contribution in [1.82, 2.24) is 0 Å². The first kappa shape index (κ1) is 10.4. The minimum absolute atomic E-state index is 0.265. The Bertz CT molecular complexity index is 328. The summed E-state index contributed by atoms with van der Waals surface area (Å²) in [5.41, 5.74) is 0.885. The maximum Gasteiger partial charge on any atom is 0.166 e. The zero-order valence-corrected chi connectivity index (χ0v) is 9.28. The third kappa shape index (κ3) is 2.28. The molecule has 2 atom stereocenters. The highest BCUT2D eigenvalue weighted by molar-refractivity contribution is 5.98. The van der Waals surface area contributed by atoms with Gasteiger partial charge in [-0.05, 0) is 12.3 Å². The van der Waals surface area contributed by atoms with Crippen LogP contribution in [0.3, 0.4) is 0 Å². The number of hydrogen-bond donors (Lipinski definition) is 0. The monoisotopic (exact) mass is 202 g/mol. The standard InChI is InChI=1S/C14H18O/c1-11-7-5-6-10-13(11)14(15)12-8-3-2-4-9-12/h2-4,8-9,11,13H,5-7,10H2,1H3/t11-,13?/m1/s1. The molecule has 2 rings (SSSR count). The maximum absolute atomic E-state index is 12.2. The summed E-state index contributed by atoms with van der Waals surface area (Å²) in [6.07, 6.45) is 4.80. The molecule has 1 unspecified atom stereocenters. The van der Waals surface area contributed by atoms with Crippen LogP contribution in [0.4, 0.5) is 0 Å². The van der Waals surface area contributed by atoms with E-state index < -0.39 is 0 Å². The van der Waals surface area contributed by atoms with Crippen molar-refractivity contribution in [1.29, 1.82) is 0 Å². The molecule has 1 saturated carbocycles. The molecule has 1 aliphatic rings. The molecule has 0 amide bonds. The lowest BCUT2D eigenvalue weighted by Gasteiger charge is -2.27. The minimum Gasteiger partial charge on any atom is -0.294 e. The molecule has 0 heterocycles. The van der Waals surface area contributed by atoms with E-state index in [2.05, 4.69) is 6.92 Å². The van der Waals surface area contributed by atoms with E-state index in [-0.39, 0.29) is 5.92 Å². The molecule has 1 heteroatoms. The lowest BCUT2D eigenvalue weighted by Crippen LogP contribution is -2.25. The van der Waals surface area contributed by atoms with Gasteiger partial charge in [0.1, 0.15) is 0 Å². The summed E-state index contributed by atoms with van der Waals surface area (Å²) < 4.78 is 0. The van der Waals surface area contributed by atoms with Gasteiger partial charge in [-0.1, -0.05) is 56.5 Å². The molecule has 0 N–H and O–H groups in total. The number of carbonyl (C=O) groups excluding carboxylic acids is 1. The molecule has 0 bridgehead atoms. The van der Waals surface area contributed by atoms with Gasteiger partial charge in [-0.3, -0.25) is 4.79 Å². The third-order valence-electron chi connectivity index (χ3n) is 3.51. The zero-order valence-electron chi connectivity index (χ0n) is 9.28. The second kappa shape index (κ2) is 4.61. The average Bonchev–Trinajstić information content (AvgIpc) is 2.30. The van der Waals surface area contributed by atoms with Gasteiger partial charge in [0.15, 0.2) is 5.78 Å². The molecule has 0 spiro atoms. The van der Waals surface area contributed by atoms with Crippen molar-refractivity contribution >= 4 is 5.78 Å². The number of hydrogen-bond acceptors (Lipinski definition) is 1. The van der Waals surface area contributed by atoms with Gasteiger partial charge in [-0.15, -0.1) is 0 Å². The fourth-order valence-corrected chi connectivity index (χ4v) is 2.52. The predicted molar refractivity (Wildman–Crippen MR) is 61.9 cm³/mol. The van der Waals surface area contributed by atoms with E-state index >= 15 is 0 Å². The molecule has 1 aromatic carbocycles. The SMILES string of the molecule is C[C@@H]1CCCCC1C(=O)c1ccccc1. The van der Waals surface area contributed by atoms with Crippen molar-refractivity contribution in [3.05, 3.63) is 35.9 Å². The van der Waals surface area contributed by atoms with E-state index in [0.29, 0.717) is 11.7 Å². The van der Waals surface area contributed by atoms with Gasteiger partial charge in [-0.2, -0.15) is 0 Å². The first-order valence-electron chi connectivity index (χ1n) is 5.88. The van der Waals surface area contributed by atoms with Crippen LogP contribution in [0.1, 0.15) is 43.0 Å². The lowest BCUT2D eigenvalue weighted by atomic mass is 9.76. The molecule has 0 aromatic heterocycles. The quantitative estimate of drug-likeness (QED) is 0.668. The Kier molecular flexibility index (Phi) is 3.20. The lowest BCUT2D eigenvalue weighted by molar-refractivity contribution is 0.0837. The molecular formula is C14H18O. The molecule has 0 radical (unpaired) electrons. The van der Waals surface area contributed by atoms with Crippen molar-refractivity contribution in [2.45, 2.75) is 32.6 Å². The summed E-state index contributed by atoms with van der Waals surface area (Å²) in [5, 5.41) is 0. The van der Waals surface area contributed by atoms with Crippen LogP contribution < -0.4 is 0 Å². The molecule has 1 nitrogen and oxygen atoms in total. The Morgan fingerprint density at radius 3 is 2.47 bits per heavy atom. The van der Waals surface area contributed by atoms with Crippen molar-refractivity contribution in [2.75, 3.05) is 0 Å². The minimum atomic E-state index is 0.265. The number of carbonyl (C=O) groups is 1. The summed E-state index contributed by atoms with van der Waals surface area (Å²) in [7, 11) is 0. The Hall–Kier alpha value is -1.11. The van der Waals surface area contributed by atoms with Crippen LogP contribution in [-0.2, 0) is 0 Å². The van der Waals surface area contributed by atoms with Crippen LogP contribution >= 0.6 is 0 Å². The Balaban J connectivity index is 2.13. The molecule has 0 saturated heterocycles. The molecule has 15 heavy (non-hydrogen) atoms. The summed E-state index contributed by atoms with van der Waals surface area (Å²) in [6.45, 7) is 2.21. The van der Waals surface area contributed by atoms with Gasteiger partial charge in [0.2, 0.25) is 0 Å². The fourth-order valence-electron chi connectivity index (χ4n) is 2.52. The number of Topliss-reactive ketones (excluding diaryl/α,β-unsaturated/α-hetero) is 1. The Morgan fingerprint density at radius 1 is 1.13 bits per heavy atom. The average molecular weight is 202 g/mol. The maximum atomic E-state index is 12.2. The van der Waals surface area contributed by atoms with E-state index in [1.165, 1.54) is 19.3 Å². The van der Waals surface area contributed by atoms with Gasteiger partial charge in [0.05, 0.1) is 0 Å². The zero-order chi connectivity index (χ0) is 10.7. The summed E-state index contributed by atoms with van der Waals surface area (Å²) in [5.74, 6) is 1.18. The van der Waals surface area contributed by atoms with Crippen LogP contribution in [-0.4, -0.2) is 5.78 Å². The van der Waals surface area contributed by atoms with Gasteiger partial charge >= 0.3 is 0 Å². The highest BCUT2D eigenvalue weighted by Crippen LogP contribution is 2.31. The Labute approximate surface area is 91.5 Å². The van der Waals surface area contributed by atoms with E-state index in [0.717, 1.165) is 12.0 Å². The summed E-state index contributed by atoms with van der Waals surface area (Å²) >= 11 is 0. The second-order valence-corrected chi connectivity index (χ2v) is 4.60. The van der Waals surface area contributed by atoms with Crippen LogP contribution in [0.15, 0.2) is 30.3 Å². The second-order valence-electron chi connectivity index (χ2n) is 4.60. The van der Waals surface area contributed by atoms with Gasteiger partial charge in [-0.25, -0.2) is 0 Å². The fraction of sp³-hybridized carbons (Fsp3) is 0.500. The van der Waals surface area contributed by atoms with E-state index in [1.807, 2.05) is 30.3 Å². The Morgan fingerprint density at radius 2 is 1.80 bits per heavy atom. The number of benzene rings is 1. The summed E-state index contributed by atoms with van der Waals surface area (Å²) in [4.78, 5) is 12.2. The topological polar surface area (TPSA) is 17.1 Å². The van der Waals surface area contributed by atoms with E-state index in [1.54, 1.807) is 0 Å². The van der Waals surface area contributed by atoms with Gasteiger partial charge in [0, 0.05) is 11.5 Å². The van der Waals surface area contributed by atoms with Crippen molar-refractivity contribution in [2.24, 2.45) is 11.8 Å². The largest absolute Gasteiger partial charge is 0.294 e. The number of rotatable bonds is 2. The van der Waals surface area contributed by atoms with Crippen molar-refractivity contribution in [3.63, 3.8) is 0 Å². The molecule has 1 aromatic rings. The molecule has 80 valence electrons. The van der Waals surface area contributed by atoms with E-state index in [4.69, 9.17) is 0 Å². The molecular weight excluding hydrogens is 184 g/mol. The normalized spacial score (nSPS) is 26.2. The number of ketones is 1. The van der Waals surface area contributed by atoms with Crippen molar-refractivity contribution in [3.8, 4) is 0 Å². The highest BCUT2D eigenvalue weighted by Gasteiger charge is 2.27. The smallest absolute Gasteiger partial charge is 0.166 e. The molecule has 1 fully saturated rings. The molecule has 0 aliphatic heterocycles. The predicted octanol–water partition coefficient (Wildman–Crippen LogP) is 3.70. The van der Waals surface area contributed by atoms with Crippen LogP contribution in [0.5, 0.6) is 0 Å². The van der Waals surface area contributed by atoms with Crippen molar-refractivity contribution < 1.29 is 4.79 Å². The third-order valence-corrected chi connectivity index (χ3v) is 3.51. The summed E-state index contributed by atoms with van der Waals surface area (Å²) in [6, 6.07) is 9.72. The first-order valence-corrected chi connectivity index (χ1v) is 5.88. The van der Waals surface area contributed by atoms with Crippen LogP contribution in [0.2, 0.25) is 0 Å².